The van der Waals surface area contributed by atoms with Crippen molar-refractivity contribution in [3.63, 3.8) is 0 Å². The minimum atomic E-state index is -0.550. The normalized spacial score (nSPS) is 10.6. The number of benzene rings is 1. The molecule has 0 unspecified atom stereocenters. The molecule has 6 nitrogen and oxygen atoms in total. The SMILES string of the molecule is N#C/C(=N/O)c1ccc([N+](=O)[O-])cc1. The molecule has 14 heavy (non-hydrogen) atoms. The zero-order valence-corrected chi connectivity index (χ0v) is 6.91. The minimum Gasteiger partial charge on any atom is -0.410 e. The highest BCUT2D eigenvalue weighted by molar-refractivity contribution is 6.11. The van der Waals surface area contributed by atoms with Gasteiger partial charge in [-0.2, -0.15) is 5.26 Å². The predicted octanol–water partition coefficient (Wildman–Crippen LogP) is 1.30. The number of nitro benzene ring substituents is 1. The molecule has 1 aromatic carbocycles. The van der Waals surface area contributed by atoms with Crippen molar-refractivity contribution < 1.29 is 10.1 Å². The van der Waals surface area contributed by atoms with Crippen LogP contribution in [0.1, 0.15) is 5.56 Å². The van der Waals surface area contributed by atoms with Gasteiger partial charge in [0.2, 0.25) is 0 Å². The van der Waals surface area contributed by atoms with Gasteiger partial charge in [-0.05, 0) is 12.1 Å². The lowest BCUT2D eigenvalue weighted by molar-refractivity contribution is -0.384. The van der Waals surface area contributed by atoms with E-state index in [1.807, 2.05) is 0 Å². The summed E-state index contributed by atoms with van der Waals surface area (Å²) >= 11 is 0. The first-order chi connectivity index (χ1) is 6.69. The quantitative estimate of drug-likeness (QED) is 0.329. The van der Waals surface area contributed by atoms with Crippen LogP contribution < -0.4 is 0 Å². The van der Waals surface area contributed by atoms with Gasteiger partial charge in [0.15, 0.2) is 5.71 Å². The molecular weight excluding hydrogens is 186 g/mol. The summed E-state index contributed by atoms with van der Waals surface area (Å²) < 4.78 is 0. The van der Waals surface area contributed by atoms with Gasteiger partial charge < -0.3 is 5.21 Å². The number of hydrogen-bond acceptors (Lipinski definition) is 5. The molecule has 1 rings (SSSR count). The van der Waals surface area contributed by atoms with E-state index < -0.39 is 4.92 Å². The number of non-ortho nitro benzene ring substituents is 1. The number of oxime groups is 1. The van der Waals surface area contributed by atoms with Crippen LogP contribution in [0.5, 0.6) is 0 Å². The maximum Gasteiger partial charge on any atom is 0.269 e. The third kappa shape index (κ3) is 1.84. The molecule has 6 heteroatoms. The predicted molar refractivity (Wildman–Crippen MR) is 47.0 cm³/mol. The van der Waals surface area contributed by atoms with E-state index in [0.717, 1.165) is 0 Å². The maximum atomic E-state index is 10.3. The van der Waals surface area contributed by atoms with Crippen molar-refractivity contribution in [3.8, 4) is 6.07 Å². The van der Waals surface area contributed by atoms with Gasteiger partial charge in [0.05, 0.1) is 4.92 Å². The fourth-order valence-corrected chi connectivity index (χ4v) is 0.886. The van der Waals surface area contributed by atoms with Gasteiger partial charge in [-0.15, -0.1) is 0 Å². The van der Waals surface area contributed by atoms with Crippen molar-refractivity contribution in [1.82, 2.24) is 0 Å². The lowest BCUT2D eigenvalue weighted by atomic mass is 10.1. The van der Waals surface area contributed by atoms with Crippen LogP contribution in [0.15, 0.2) is 29.4 Å². The van der Waals surface area contributed by atoms with Crippen molar-refractivity contribution in [2.24, 2.45) is 5.16 Å². The van der Waals surface area contributed by atoms with Crippen LogP contribution in [0.4, 0.5) is 5.69 Å². The molecule has 0 saturated heterocycles. The summed E-state index contributed by atoms with van der Waals surface area (Å²) in [7, 11) is 0. The Morgan fingerprint density at radius 2 is 2.07 bits per heavy atom. The fraction of sp³-hybridized carbons (Fsp3) is 0. The summed E-state index contributed by atoms with van der Waals surface area (Å²) in [5.74, 6) is 0. The first kappa shape index (κ1) is 9.67. The average molecular weight is 191 g/mol. The largest absolute Gasteiger partial charge is 0.410 e. The average Bonchev–Trinajstić information content (AvgIpc) is 2.20. The molecule has 0 aromatic heterocycles. The zero-order chi connectivity index (χ0) is 10.6. The van der Waals surface area contributed by atoms with Crippen LogP contribution in [0.25, 0.3) is 0 Å². The first-order valence-electron chi connectivity index (χ1n) is 3.56. The Morgan fingerprint density at radius 1 is 1.50 bits per heavy atom. The van der Waals surface area contributed by atoms with Gasteiger partial charge in [-0.3, -0.25) is 10.1 Å². The Labute approximate surface area is 78.9 Å². The van der Waals surface area contributed by atoms with E-state index in [4.69, 9.17) is 10.5 Å². The molecular formula is C8H5N3O3. The van der Waals surface area contributed by atoms with Gasteiger partial charge >= 0.3 is 0 Å². The molecule has 0 bridgehead atoms. The maximum absolute atomic E-state index is 10.3. The third-order valence-electron chi connectivity index (χ3n) is 1.56. The van der Waals surface area contributed by atoms with Gasteiger partial charge in [0.1, 0.15) is 6.07 Å². The summed E-state index contributed by atoms with van der Waals surface area (Å²) in [6, 6.07) is 6.80. The zero-order valence-electron chi connectivity index (χ0n) is 6.91. The van der Waals surface area contributed by atoms with E-state index in [1.165, 1.54) is 24.3 Å². The van der Waals surface area contributed by atoms with Crippen LogP contribution in [-0.2, 0) is 0 Å². The number of hydrogen-bond donors (Lipinski definition) is 1. The molecule has 0 radical (unpaired) electrons. The molecule has 1 aromatic rings. The number of nitro groups is 1. The van der Waals surface area contributed by atoms with Crippen molar-refractivity contribution in [2.45, 2.75) is 0 Å². The molecule has 0 atom stereocenters. The fourth-order valence-electron chi connectivity index (χ4n) is 0.886. The van der Waals surface area contributed by atoms with Crippen LogP contribution in [0.3, 0.4) is 0 Å². The number of rotatable bonds is 2. The van der Waals surface area contributed by atoms with E-state index in [0.29, 0.717) is 5.56 Å². The highest BCUT2D eigenvalue weighted by Gasteiger charge is 2.07. The topological polar surface area (TPSA) is 99.5 Å². The van der Waals surface area contributed by atoms with Crippen LogP contribution >= 0.6 is 0 Å². The Balaban J connectivity index is 3.07. The second-order valence-corrected chi connectivity index (χ2v) is 2.36. The molecule has 0 aliphatic carbocycles. The van der Waals surface area contributed by atoms with E-state index in [2.05, 4.69) is 5.16 Å². The van der Waals surface area contributed by atoms with Crippen LogP contribution in [-0.4, -0.2) is 15.8 Å². The molecule has 0 amide bonds. The summed E-state index contributed by atoms with van der Waals surface area (Å²) in [6.45, 7) is 0. The van der Waals surface area contributed by atoms with E-state index in [9.17, 15) is 10.1 Å². The van der Waals surface area contributed by atoms with Gasteiger partial charge in [-0.1, -0.05) is 5.16 Å². The van der Waals surface area contributed by atoms with E-state index >= 15 is 0 Å². The van der Waals surface area contributed by atoms with E-state index in [1.54, 1.807) is 6.07 Å². The molecule has 0 spiro atoms. The molecule has 70 valence electrons. The van der Waals surface area contributed by atoms with Gasteiger partial charge in [-0.25, -0.2) is 0 Å². The van der Waals surface area contributed by atoms with Crippen molar-refractivity contribution >= 4 is 11.4 Å². The third-order valence-corrected chi connectivity index (χ3v) is 1.56. The van der Waals surface area contributed by atoms with Gasteiger partial charge in [0, 0.05) is 17.7 Å². The summed E-state index contributed by atoms with van der Waals surface area (Å²) in [5, 5.41) is 29.9. The Bertz CT molecular complexity index is 416. The molecule has 1 N–H and O–H groups in total. The number of nitriles is 1. The first-order valence-corrected chi connectivity index (χ1v) is 3.56. The van der Waals surface area contributed by atoms with Crippen molar-refractivity contribution in [1.29, 1.82) is 5.26 Å². The summed E-state index contributed by atoms with van der Waals surface area (Å²) in [6.07, 6.45) is 0. The molecule has 0 aliphatic rings. The van der Waals surface area contributed by atoms with Crippen molar-refractivity contribution in [3.05, 3.63) is 39.9 Å². The Hall–Kier alpha value is -2.42. The van der Waals surface area contributed by atoms with Crippen molar-refractivity contribution in [2.75, 3.05) is 0 Å². The molecule has 0 saturated carbocycles. The molecule has 0 heterocycles. The number of nitrogens with zero attached hydrogens (tertiary/aromatic N) is 3. The van der Waals surface area contributed by atoms with Crippen LogP contribution in [0.2, 0.25) is 0 Å². The van der Waals surface area contributed by atoms with E-state index in [-0.39, 0.29) is 11.4 Å². The minimum absolute atomic E-state index is 0.0796. The van der Waals surface area contributed by atoms with Gasteiger partial charge in [0.25, 0.3) is 5.69 Å². The molecule has 0 aliphatic heterocycles. The highest BCUT2D eigenvalue weighted by Crippen LogP contribution is 2.12. The summed E-state index contributed by atoms with van der Waals surface area (Å²) in [5.41, 5.74) is 0.0736. The standard InChI is InChI=1S/C8H5N3O3/c9-5-8(10-12)6-1-3-7(4-2-6)11(13)14/h1-4,12H/b10-8-. The lowest BCUT2D eigenvalue weighted by Crippen LogP contribution is -1.97. The summed E-state index contributed by atoms with van der Waals surface area (Å²) in [4.78, 5) is 9.73. The lowest BCUT2D eigenvalue weighted by Gasteiger charge is -1.94. The Morgan fingerprint density at radius 3 is 2.43 bits per heavy atom. The second kappa shape index (κ2) is 4.00. The highest BCUT2D eigenvalue weighted by atomic mass is 16.6. The second-order valence-electron chi connectivity index (χ2n) is 2.36. The molecule has 0 fully saturated rings. The Kier molecular flexibility index (Phi) is 2.76. The van der Waals surface area contributed by atoms with Crippen LogP contribution in [0, 0.1) is 21.4 Å². The smallest absolute Gasteiger partial charge is 0.269 e. The monoisotopic (exact) mass is 191 g/mol.